The van der Waals surface area contributed by atoms with Gasteiger partial charge in [-0.3, -0.25) is 0 Å². The molecule has 2 nitrogen and oxygen atoms in total. The van der Waals surface area contributed by atoms with E-state index in [-0.39, 0.29) is 0 Å². The Morgan fingerprint density at radius 1 is 1.50 bits per heavy atom. The molecular formula is C7H9FN2. The number of anilines is 2. The Balaban J connectivity index is 2.96. The number of rotatable bonds is 1. The lowest BCUT2D eigenvalue weighted by Crippen LogP contribution is -2.02. The van der Waals surface area contributed by atoms with Crippen LogP contribution in [0.25, 0.3) is 0 Å². The molecule has 3 heteroatoms. The number of hydrogen-bond acceptors (Lipinski definition) is 2. The molecule has 0 saturated heterocycles. The van der Waals surface area contributed by atoms with Gasteiger partial charge in [0.05, 0.1) is 5.69 Å². The molecule has 0 radical (unpaired) electrons. The molecule has 0 aliphatic rings. The van der Waals surface area contributed by atoms with Crippen molar-refractivity contribution in [1.29, 1.82) is 0 Å². The molecule has 2 N–H and O–H groups in total. The van der Waals surface area contributed by atoms with Crippen molar-refractivity contribution in [2.24, 2.45) is 0 Å². The second-order valence-electron chi connectivity index (χ2n) is 2.07. The molecule has 0 saturated carbocycles. The maximum atomic E-state index is 12.4. The summed E-state index contributed by atoms with van der Waals surface area (Å²) in [4.78, 5) is 0. The largest absolute Gasteiger partial charge is 0.399 e. The first-order valence-corrected chi connectivity index (χ1v) is 2.95. The zero-order chi connectivity index (χ0) is 7.56. The molecule has 10 heavy (non-hydrogen) atoms. The SMILES string of the molecule is CN(F)c1cccc(N)c1. The van der Waals surface area contributed by atoms with E-state index in [2.05, 4.69) is 0 Å². The highest BCUT2D eigenvalue weighted by atomic mass is 19.2. The molecule has 0 spiro atoms. The molecule has 0 bridgehead atoms. The third-order valence-corrected chi connectivity index (χ3v) is 1.23. The molecule has 0 heterocycles. The Kier molecular flexibility index (Phi) is 1.76. The minimum atomic E-state index is 0.472. The molecule has 0 atom stereocenters. The summed E-state index contributed by atoms with van der Waals surface area (Å²) >= 11 is 0. The van der Waals surface area contributed by atoms with Crippen LogP contribution in [-0.4, -0.2) is 7.05 Å². The highest BCUT2D eigenvalue weighted by Gasteiger charge is 1.95. The number of nitrogens with zero attached hydrogens (tertiary/aromatic N) is 1. The quantitative estimate of drug-likeness (QED) is 0.474. The van der Waals surface area contributed by atoms with Crippen LogP contribution in [-0.2, 0) is 0 Å². The van der Waals surface area contributed by atoms with Gasteiger partial charge in [0.25, 0.3) is 0 Å². The molecule has 1 rings (SSSR count). The first-order valence-electron chi connectivity index (χ1n) is 2.95. The lowest BCUT2D eigenvalue weighted by atomic mass is 10.3. The normalized spacial score (nSPS) is 9.40. The summed E-state index contributed by atoms with van der Waals surface area (Å²) in [6.07, 6.45) is 0. The van der Waals surface area contributed by atoms with Crippen molar-refractivity contribution in [3.8, 4) is 0 Å². The highest BCUT2D eigenvalue weighted by Crippen LogP contribution is 2.15. The summed E-state index contributed by atoms with van der Waals surface area (Å²) < 4.78 is 12.4. The Hall–Kier alpha value is -1.25. The van der Waals surface area contributed by atoms with Gasteiger partial charge in [-0.05, 0) is 18.2 Å². The van der Waals surface area contributed by atoms with Crippen LogP contribution in [0, 0.1) is 0 Å². The van der Waals surface area contributed by atoms with Gasteiger partial charge in [-0.1, -0.05) is 6.07 Å². The summed E-state index contributed by atoms with van der Waals surface area (Å²) in [5.41, 5.74) is 6.45. The fourth-order valence-corrected chi connectivity index (χ4v) is 0.716. The van der Waals surface area contributed by atoms with Gasteiger partial charge in [-0.25, -0.2) is 5.12 Å². The Bertz CT molecular complexity index is 223. The van der Waals surface area contributed by atoms with Gasteiger partial charge in [0.2, 0.25) is 0 Å². The molecule has 1 aromatic rings. The first-order chi connectivity index (χ1) is 4.70. The molecule has 1 aromatic carbocycles. The monoisotopic (exact) mass is 140 g/mol. The van der Waals surface area contributed by atoms with Crippen LogP contribution in [0.15, 0.2) is 24.3 Å². The van der Waals surface area contributed by atoms with Crippen LogP contribution in [0.3, 0.4) is 0 Å². The molecular weight excluding hydrogens is 131 g/mol. The van der Waals surface area contributed by atoms with Crippen molar-refractivity contribution in [2.75, 3.05) is 17.9 Å². The van der Waals surface area contributed by atoms with Gasteiger partial charge in [0, 0.05) is 12.7 Å². The molecule has 0 aliphatic heterocycles. The standard InChI is InChI=1S/C7H9FN2/c1-10(8)7-4-2-3-6(9)5-7/h2-5H,9H2,1H3. The first kappa shape index (κ1) is 6.86. The van der Waals surface area contributed by atoms with Crippen molar-refractivity contribution in [1.82, 2.24) is 0 Å². The van der Waals surface area contributed by atoms with E-state index in [0.717, 1.165) is 0 Å². The Morgan fingerprint density at radius 3 is 2.60 bits per heavy atom. The zero-order valence-electron chi connectivity index (χ0n) is 5.71. The molecule has 0 unspecified atom stereocenters. The van der Waals surface area contributed by atoms with E-state index in [1.807, 2.05) is 0 Å². The van der Waals surface area contributed by atoms with E-state index in [1.165, 1.54) is 7.05 Å². The van der Waals surface area contributed by atoms with Gasteiger partial charge in [-0.2, -0.15) is 0 Å². The summed E-state index contributed by atoms with van der Waals surface area (Å²) in [6, 6.07) is 6.64. The van der Waals surface area contributed by atoms with Crippen LogP contribution in [0.2, 0.25) is 0 Å². The van der Waals surface area contributed by atoms with Crippen molar-refractivity contribution >= 4 is 11.4 Å². The molecule has 0 aliphatic carbocycles. The second kappa shape index (κ2) is 2.56. The number of nitrogens with two attached hydrogens (primary N) is 1. The van der Waals surface area contributed by atoms with Gasteiger partial charge in [0.1, 0.15) is 0 Å². The molecule has 54 valence electrons. The van der Waals surface area contributed by atoms with Gasteiger partial charge in [-0.15, -0.1) is 4.48 Å². The van der Waals surface area contributed by atoms with Gasteiger partial charge < -0.3 is 5.73 Å². The van der Waals surface area contributed by atoms with E-state index in [1.54, 1.807) is 24.3 Å². The van der Waals surface area contributed by atoms with Crippen LogP contribution in [0.5, 0.6) is 0 Å². The average Bonchev–Trinajstić information content (AvgIpc) is 1.88. The van der Waals surface area contributed by atoms with Crippen molar-refractivity contribution in [2.45, 2.75) is 0 Å². The zero-order valence-corrected chi connectivity index (χ0v) is 5.71. The predicted molar refractivity (Wildman–Crippen MR) is 40.4 cm³/mol. The number of benzene rings is 1. The number of halogens is 1. The van der Waals surface area contributed by atoms with Crippen molar-refractivity contribution < 1.29 is 4.48 Å². The Labute approximate surface area is 59.0 Å². The van der Waals surface area contributed by atoms with E-state index in [0.29, 0.717) is 16.5 Å². The van der Waals surface area contributed by atoms with Crippen molar-refractivity contribution in [3.63, 3.8) is 0 Å². The summed E-state index contributed by atoms with van der Waals surface area (Å²) in [6.45, 7) is 0. The van der Waals surface area contributed by atoms with Crippen LogP contribution in [0.1, 0.15) is 0 Å². The summed E-state index contributed by atoms with van der Waals surface area (Å²) in [5, 5.41) is 0.524. The average molecular weight is 140 g/mol. The summed E-state index contributed by atoms with van der Waals surface area (Å²) in [7, 11) is 1.33. The minimum Gasteiger partial charge on any atom is -0.399 e. The fourth-order valence-electron chi connectivity index (χ4n) is 0.716. The molecule has 0 fully saturated rings. The van der Waals surface area contributed by atoms with Crippen LogP contribution >= 0.6 is 0 Å². The maximum absolute atomic E-state index is 12.4. The van der Waals surface area contributed by atoms with E-state index < -0.39 is 0 Å². The molecule has 0 amide bonds. The van der Waals surface area contributed by atoms with Gasteiger partial charge in [0.15, 0.2) is 0 Å². The third kappa shape index (κ3) is 1.37. The highest BCUT2D eigenvalue weighted by molar-refractivity contribution is 5.53. The van der Waals surface area contributed by atoms with Crippen LogP contribution in [0.4, 0.5) is 15.9 Å². The minimum absolute atomic E-state index is 0.472. The number of hydrogen-bond donors (Lipinski definition) is 1. The lowest BCUT2D eigenvalue weighted by Gasteiger charge is -2.06. The Morgan fingerprint density at radius 2 is 2.20 bits per heavy atom. The molecule has 0 aromatic heterocycles. The fraction of sp³-hybridized carbons (Fsp3) is 0.143. The number of nitrogen functional groups attached to an aromatic ring is 1. The van der Waals surface area contributed by atoms with Crippen LogP contribution < -0.4 is 10.9 Å². The second-order valence-corrected chi connectivity index (χ2v) is 2.07. The van der Waals surface area contributed by atoms with E-state index in [4.69, 9.17) is 5.73 Å². The lowest BCUT2D eigenvalue weighted by molar-refractivity contribution is 0.476. The smallest absolute Gasteiger partial charge is 0.0704 e. The van der Waals surface area contributed by atoms with Crippen molar-refractivity contribution in [3.05, 3.63) is 24.3 Å². The van der Waals surface area contributed by atoms with E-state index >= 15 is 0 Å². The topological polar surface area (TPSA) is 29.3 Å². The van der Waals surface area contributed by atoms with E-state index in [9.17, 15) is 4.48 Å². The third-order valence-electron chi connectivity index (χ3n) is 1.23. The maximum Gasteiger partial charge on any atom is 0.0704 e. The summed E-state index contributed by atoms with van der Waals surface area (Å²) in [5.74, 6) is 0. The van der Waals surface area contributed by atoms with Gasteiger partial charge >= 0.3 is 0 Å². The predicted octanol–water partition coefficient (Wildman–Crippen LogP) is 1.59.